The van der Waals surface area contributed by atoms with Crippen LogP contribution in [0.2, 0.25) is 0 Å². The van der Waals surface area contributed by atoms with E-state index in [1.54, 1.807) is 13.0 Å². The first-order valence-corrected chi connectivity index (χ1v) is 8.28. The van der Waals surface area contributed by atoms with Gasteiger partial charge in [-0.25, -0.2) is 0 Å². The quantitative estimate of drug-likeness (QED) is 0.900. The van der Waals surface area contributed by atoms with Crippen LogP contribution in [-0.4, -0.2) is 22.7 Å². The molecule has 2 aromatic rings. The largest absolute Gasteiger partial charge is 0.360 e. The van der Waals surface area contributed by atoms with Crippen molar-refractivity contribution in [1.82, 2.24) is 5.16 Å². The first-order valence-electron chi connectivity index (χ1n) is 7.30. The number of aromatic nitrogens is 1. The Hall–Kier alpha value is -2.28. The van der Waals surface area contributed by atoms with Crippen molar-refractivity contribution < 1.29 is 14.1 Å². The lowest BCUT2D eigenvalue weighted by molar-refractivity contribution is -0.113. The number of fused-ring (bicyclic) bond motifs is 1. The number of anilines is 2. The number of hydrogen-bond acceptors (Lipinski definition) is 5. The van der Waals surface area contributed by atoms with Gasteiger partial charge in [-0.15, -0.1) is 11.8 Å². The number of carbonyl (C=O) groups excluding carboxylic acids is 2. The number of amides is 2. The van der Waals surface area contributed by atoms with Gasteiger partial charge in [0.1, 0.15) is 5.56 Å². The second-order valence-corrected chi connectivity index (χ2v) is 6.68. The third kappa shape index (κ3) is 3.10. The zero-order chi connectivity index (χ0) is 16.6. The maximum absolute atomic E-state index is 12.6. The van der Waals surface area contributed by atoms with Gasteiger partial charge in [0, 0.05) is 16.5 Å². The summed E-state index contributed by atoms with van der Waals surface area (Å²) in [6, 6.07) is 5.47. The fraction of sp³-hybridized carbons (Fsp3) is 0.312. The first kappa shape index (κ1) is 15.6. The van der Waals surface area contributed by atoms with Crippen molar-refractivity contribution in [3.63, 3.8) is 0 Å². The molecule has 0 saturated heterocycles. The summed E-state index contributed by atoms with van der Waals surface area (Å²) in [7, 11) is 0. The van der Waals surface area contributed by atoms with Crippen LogP contribution in [-0.2, 0) is 4.79 Å². The minimum Gasteiger partial charge on any atom is -0.360 e. The Bertz CT molecular complexity index is 783. The molecular formula is C16H17N3O3S. The third-order valence-corrected chi connectivity index (χ3v) is 4.58. The monoisotopic (exact) mass is 331 g/mol. The van der Waals surface area contributed by atoms with Crippen molar-refractivity contribution in [3.05, 3.63) is 35.2 Å². The van der Waals surface area contributed by atoms with Crippen molar-refractivity contribution in [2.24, 2.45) is 0 Å². The lowest BCUT2D eigenvalue weighted by Crippen LogP contribution is -2.19. The van der Waals surface area contributed by atoms with Crippen molar-refractivity contribution in [3.8, 4) is 0 Å². The van der Waals surface area contributed by atoms with E-state index in [0.29, 0.717) is 28.5 Å². The van der Waals surface area contributed by atoms with Gasteiger partial charge in [-0.05, 0) is 25.1 Å². The lowest BCUT2D eigenvalue weighted by atomic mass is 10.0. The SMILES string of the molecule is Cc1noc(C(C)C)c1C(=O)Nc1ccc2c(c1)NC(=O)CS2. The molecule has 1 aliphatic rings. The van der Waals surface area contributed by atoms with Crippen LogP contribution in [0.4, 0.5) is 11.4 Å². The Morgan fingerprint density at radius 2 is 2.22 bits per heavy atom. The molecule has 0 aliphatic carbocycles. The van der Waals surface area contributed by atoms with Crippen LogP contribution in [0.5, 0.6) is 0 Å². The van der Waals surface area contributed by atoms with Crippen molar-refractivity contribution in [1.29, 1.82) is 0 Å². The molecule has 1 aliphatic heterocycles. The van der Waals surface area contributed by atoms with Gasteiger partial charge in [-0.1, -0.05) is 19.0 Å². The maximum atomic E-state index is 12.6. The summed E-state index contributed by atoms with van der Waals surface area (Å²) in [6.07, 6.45) is 0. The predicted molar refractivity (Wildman–Crippen MR) is 89.1 cm³/mol. The molecule has 3 rings (SSSR count). The standard InChI is InChI=1S/C16H17N3O3S/c1-8(2)15-14(9(3)19-22-15)16(21)17-10-4-5-12-11(6-10)18-13(20)7-23-12/h4-6,8H,7H2,1-3H3,(H,17,21)(H,18,20). The Kier molecular flexibility index (Phi) is 4.12. The number of carbonyl (C=O) groups is 2. The molecule has 1 aromatic heterocycles. The van der Waals surface area contributed by atoms with E-state index in [1.165, 1.54) is 11.8 Å². The number of thioether (sulfide) groups is 1. The highest BCUT2D eigenvalue weighted by molar-refractivity contribution is 8.00. The smallest absolute Gasteiger partial charge is 0.261 e. The van der Waals surface area contributed by atoms with Crippen LogP contribution < -0.4 is 10.6 Å². The summed E-state index contributed by atoms with van der Waals surface area (Å²) in [5.41, 5.74) is 2.37. The van der Waals surface area contributed by atoms with Gasteiger partial charge >= 0.3 is 0 Å². The van der Waals surface area contributed by atoms with E-state index < -0.39 is 0 Å². The van der Waals surface area contributed by atoms with Crippen LogP contribution in [0.25, 0.3) is 0 Å². The van der Waals surface area contributed by atoms with Gasteiger partial charge in [0.15, 0.2) is 5.76 Å². The van der Waals surface area contributed by atoms with E-state index in [4.69, 9.17) is 4.52 Å². The Balaban J connectivity index is 1.85. The number of rotatable bonds is 3. The predicted octanol–water partition coefficient (Wildman–Crippen LogP) is 3.40. The Labute approximate surface area is 138 Å². The normalized spacial score (nSPS) is 13.7. The van der Waals surface area contributed by atoms with Crippen molar-refractivity contribution in [2.45, 2.75) is 31.6 Å². The topological polar surface area (TPSA) is 84.2 Å². The summed E-state index contributed by atoms with van der Waals surface area (Å²) in [4.78, 5) is 25.0. The highest BCUT2D eigenvalue weighted by atomic mass is 32.2. The summed E-state index contributed by atoms with van der Waals surface area (Å²) < 4.78 is 5.25. The van der Waals surface area contributed by atoms with E-state index in [0.717, 1.165) is 10.6 Å². The van der Waals surface area contributed by atoms with Crippen molar-refractivity contribution in [2.75, 3.05) is 16.4 Å². The van der Waals surface area contributed by atoms with Gasteiger partial charge in [-0.2, -0.15) is 0 Å². The molecule has 120 valence electrons. The highest BCUT2D eigenvalue weighted by Gasteiger charge is 2.23. The average molecular weight is 331 g/mol. The zero-order valence-electron chi connectivity index (χ0n) is 13.1. The van der Waals surface area contributed by atoms with Gasteiger partial charge in [-0.3, -0.25) is 9.59 Å². The molecule has 0 fully saturated rings. The van der Waals surface area contributed by atoms with E-state index in [1.807, 2.05) is 26.0 Å². The molecule has 6 nitrogen and oxygen atoms in total. The molecule has 0 atom stereocenters. The Morgan fingerprint density at radius 1 is 1.43 bits per heavy atom. The van der Waals surface area contributed by atoms with Crippen LogP contribution in [0.3, 0.4) is 0 Å². The first-order chi connectivity index (χ1) is 11.0. The second-order valence-electron chi connectivity index (χ2n) is 5.66. The zero-order valence-corrected chi connectivity index (χ0v) is 13.9. The van der Waals surface area contributed by atoms with Crippen molar-refractivity contribution >= 4 is 35.0 Å². The van der Waals surface area contributed by atoms with Gasteiger partial charge in [0.25, 0.3) is 5.91 Å². The molecule has 0 spiro atoms. The van der Waals surface area contributed by atoms with Gasteiger partial charge in [0.05, 0.1) is 17.1 Å². The molecule has 7 heteroatoms. The molecule has 23 heavy (non-hydrogen) atoms. The second kappa shape index (κ2) is 6.08. The molecule has 2 heterocycles. The maximum Gasteiger partial charge on any atom is 0.261 e. The van der Waals surface area contributed by atoms with Gasteiger partial charge in [0.2, 0.25) is 5.91 Å². The molecule has 2 amide bonds. The van der Waals surface area contributed by atoms with Gasteiger partial charge < -0.3 is 15.2 Å². The van der Waals surface area contributed by atoms with E-state index in [2.05, 4.69) is 15.8 Å². The fourth-order valence-corrected chi connectivity index (χ4v) is 3.20. The van der Waals surface area contributed by atoms with E-state index in [9.17, 15) is 9.59 Å². The molecule has 1 aromatic carbocycles. The van der Waals surface area contributed by atoms with Crippen LogP contribution in [0.1, 0.15) is 41.6 Å². The number of benzene rings is 1. The Morgan fingerprint density at radius 3 is 2.96 bits per heavy atom. The summed E-state index contributed by atoms with van der Waals surface area (Å²) in [5, 5.41) is 9.54. The number of nitrogens with zero attached hydrogens (tertiary/aromatic N) is 1. The molecule has 0 saturated carbocycles. The van der Waals surface area contributed by atoms with E-state index >= 15 is 0 Å². The number of hydrogen-bond donors (Lipinski definition) is 2. The molecule has 0 radical (unpaired) electrons. The number of nitrogens with one attached hydrogen (secondary N) is 2. The van der Waals surface area contributed by atoms with E-state index in [-0.39, 0.29) is 17.7 Å². The highest BCUT2D eigenvalue weighted by Crippen LogP contribution is 2.33. The fourth-order valence-electron chi connectivity index (χ4n) is 2.41. The molecule has 2 N–H and O–H groups in total. The average Bonchev–Trinajstić information content (AvgIpc) is 2.89. The minimum atomic E-state index is -0.262. The molecule has 0 bridgehead atoms. The van der Waals surface area contributed by atoms with Crippen LogP contribution >= 0.6 is 11.8 Å². The molecule has 0 unspecified atom stereocenters. The van der Waals surface area contributed by atoms with Crippen LogP contribution in [0.15, 0.2) is 27.6 Å². The molecular weight excluding hydrogens is 314 g/mol. The summed E-state index contributed by atoms with van der Waals surface area (Å²) in [6.45, 7) is 5.64. The minimum absolute atomic E-state index is 0.0389. The summed E-state index contributed by atoms with van der Waals surface area (Å²) in [5.74, 6) is 0.749. The lowest BCUT2D eigenvalue weighted by Gasteiger charge is -2.17. The van der Waals surface area contributed by atoms with Crippen LogP contribution in [0, 0.1) is 6.92 Å². The third-order valence-electron chi connectivity index (χ3n) is 3.51. The summed E-state index contributed by atoms with van der Waals surface area (Å²) >= 11 is 1.48. The number of aryl methyl sites for hydroxylation is 1.